The van der Waals surface area contributed by atoms with Gasteiger partial charge >= 0.3 is 0 Å². The van der Waals surface area contributed by atoms with Gasteiger partial charge in [-0.3, -0.25) is 0 Å². The molecule has 0 saturated heterocycles. The molecule has 84 valence electrons. The Morgan fingerprint density at radius 3 is 2.80 bits per heavy atom. The first-order valence-electron chi connectivity index (χ1n) is 4.56. The van der Waals surface area contributed by atoms with Crippen molar-refractivity contribution in [1.82, 2.24) is 4.98 Å². The van der Waals surface area contributed by atoms with Gasteiger partial charge in [-0.05, 0) is 0 Å². The number of aromatic nitrogens is 1. The lowest BCUT2D eigenvalue weighted by Crippen LogP contribution is -2.55. The van der Waals surface area contributed by atoms with Crippen molar-refractivity contribution in [1.29, 1.82) is 0 Å². The summed E-state index contributed by atoms with van der Waals surface area (Å²) in [4.78, 5) is 4.19. The van der Waals surface area contributed by atoms with E-state index in [0.717, 1.165) is 5.01 Å². The first-order chi connectivity index (χ1) is 6.95. The van der Waals surface area contributed by atoms with Crippen molar-refractivity contribution in [3.05, 3.63) is 16.1 Å². The Hall–Kier alpha value is -0.590. The summed E-state index contributed by atoms with van der Waals surface area (Å²) in [7, 11) is 1.57. The van der Waals surface area contributed by atoms with E-state index in [1.54, 1.807) is 12.5 Å². The summed E-state index contributed by atoms with van der Waals surface area (Å²) in [5.41, 5.74) is 5.45. The largest absolute Gasteiger partial charge is 0.378 e. The van der Waals surface area contributed by atoms with Crippen molar-refractivity contribution in [2.75, 3.05) is 7.11 Å². The molecule has 1 aromatic heterocycles. The minimum absolute atomic E-state index is 0.309. The van der Waals surface area contributed by atoms with Crippen molar-refractivity contribution < 1.29 is 13.5 Å². The number of hydrogen-bond acceptors (Lipinski definition) is 4. The zero-order valence-corrected chi connectivity index (χ0v) is 9.11. The third-order valence-electron chi connectivity index (χ3n) is 2.48. The lowest BCUT2D eigenvalue weighted by molar-refractivity contribution is -0.126. The molecule has 2 rings (SSSR count). The van der Waals surface area contributed by atoms with Gasteiger partial charge in [0.15, 0.2) is 0 Å². The molecule has 0 aromatic carbocycles. The van der Waals surface area contributed by atoms with E-state index in [1.165, 1.54) is 11.3 Å². The quantitative estimate of drug-likeness (QED) is 0.868. The Kier molecular flexibility index (Phi) is 2.52. The number of halogens is 2. The molecule has 0 unspecified atom stereocenters. The van der Waals surface area contributed by atoms with E-state index in [0.29, 0.717) is 12.3 Å². The third kappa shape index (κ3) is 2.02. The normalized spacial score (nSPS) is 22.4. The number of nitrogens with zero attached hydrogens (tertiary/aromatic N) is 1. The number of hydrogen-bond donors (Lipinski definition) is 1. The maximum atomic E-state index is 12.7. The van der Waals surface area contributed by atoms with Crippen molar-refractivity contribution in [2.45, 2.75) is 30.9 Å². The summed E-state index contributed by atoms with van der Waals surface area (Å²) in [5.74, 6) is -2.63. The molecule has 1 aliphatic rings. The maximum Gasteiger partial charge on any atom is 0.252 e. The molecule has 1 aromatic rings. The molecule has 1 aliphatic carbocycles. The van der Waals surface area contributed by atoms with Crippen LogP contribution in [0.15, 0.2) is 5.38 Å². The Labute approximate surface area is 90.3 Å². The molecular weight excluding hydrogens is 222 g/mol. The number of ether oxygens (including phenoxy) is 1. The molecular formula is C9H12F2N2OS. The predicted octanol–water partition coefficient (Wildman–Crippen LogP) is 1.87. The molecule has 15 heavy (non-hydrogen) atoms. The van der Waals surface area contributed by atoms with Gasteiger partial charge in [-0.1, -0.05) is 0 Å². The van der Waals surface area contributed by atoms with Gasteiger partial charge in [0, 0.05) is 25.3 Å². The van der Waals surface area contributed by atoms with Gasteiger partial charge in [0.2, 0.25) is 0 Å². The zero-order valence-electron chi connectivity index (χ0n) is 8.30. The highest BCUT2D eigenvalue weighted by molar-refractivity contribution is 7.09. The van der Waals surface area contributed by atoms with Crippen LogP contribution in [0.4, 0.5) is 8.78 Å². The zero-order chi connectivity index (χ0) is 11.1. The van der Waals surface area contributed by atoms with Crippen LogP contribution in [0.25, 0.3) is 0 Å². The van der Waals surface area contributed by atoms with E-state index in [9.17, 15) is 8.78 Å². The second kappa shape index (κ2) is 3.47. The van der Waals surface area contributed by atoms with Crippen LogP contribution in [0, 0.1) is 0 Å². The molecule has 0 aliphatic heterocycles. The SMILES string of the molecule is COCc1nc(C2(N)CC(F)(F)C2)cs1. The average molecular weight is 234 g/mol. The molecule has 0 atom stereocenters. The number of thiazole rings is 1. The van der Waals surface area contributed by atoms with Crippen LogP contribution in [-0.4, -0.2) is 18.0 Å². The predicted molar refractivity (Wildman–Crippen MR) is 52.9 cm³/mol. The molecule has 1 heterocycles. The van der Waals surface area contributed by atoms with E-state index in [-0.39, 0.29) is 12.8 Å². The molecule has 3 nitrogen and oxygen atoms in total. The molecule has 1 fully saturated rings. The highest BCUT2D eigenvalue weighted by Crippen LogP contribution is 2.49. The molecule has 1 saturated carbocycles. The van der Waals surface area contributed by atoms with Gasteiger partial charge in [-0.25, -0.2) is 13.8 Å². The maximum absolute atomic E-state index is 12.7. The summed E-state index contributed by atoms with van der Waals surface area (Å²) >= 11 is 1.39. The van der Waals surface area contributed by atoms with Gasteiger partial charge in [0.1, 0.15) is 5.01 Å². The van der Waals surface area contributed by atoms with Gasteiger partial charge in [-0.15, -0.1) is 11.3 Å². The number of methoxy groups -OCH3 is 1. The number of nitrogens with two attached hydrogens (primary N) is 1. The minimum Gasteiger partial charge on any atom is -0.378 e. The average Bonchev–Trinajstić information content (AvgIpc) is 2.50. The first-order valence-corrected chi connectivity index (χ1v) is 5.44. The van der Waals surface area contributed by atoms with Crippen molar-refractivity contribution >= 4 is 11.3 Å². The molecule has 0 amide bonds. The summed E-state index contributed by atoms with van der Waals surface area (Å²) < 4.78 is 30.4. The Balaban J connectivity index is 2.10. The molecule has 6 heteroatoms. The summed E-state index contributed by atoms with van der Waals surface area (Å²) in [6.45, 7) is 0.400. The van der Waals surface area contributed by atoms with E-state index in [1.807, 2.05) is 0 Å². The minimum atomic E-state index is -2.63. The van der Waals surface area contributed by atoms with E-state index in [4.69, 9.17) is 10.5 Å². The second-order valence-electron chi connectivity index (χ2n) is 3.93. The third-order valence-corrected chi connectivity index (χ3v) is 3.30. The Morgan fingerprint density at radius 1 is 1.60 bits per heavy atom. The van der Waals surface area contributed by atoms with Gasteiger partial charge in [0.25, 0.3) is 5.92 Å². The van der Waals surface area contributed by atoms with Gasteiger partial charge in [0.05, 0.1) is 17.8 Å². The van der Waals surface area contributed by atoms with Crippen LogP contribution in [0.2, 0.25) is 0 Å². The molecule has 0 bridgehead atoms. The monoisotopic (exact) mass is 234 g/mol. The van der Waals surface area contributed by atoms with Crippen molar-refractivity contribution in [2.24, 2.45) is 5.73 Å². The van der Waals surface area contributed by atoms with Crippen LogP contribution >= 0.6 is 11.3 Å². The first kappa shape index (κ1) is 10.9. The van der Waals surface area contributed by atoms with Gasteiger partial charge in [-0.2, -0.15) is 0 Å². The number of rotatable bonds is 3. The fourth-order valence-electron chi connectivity index (χ4n) is 1.78. The van der Waals surface area contributed by atoms with Crippen molar-refractivity contribution in [3.8, 4) is 0 Å². The fraction of sp³-hybridized carbons (Fsp3) is 0.667. The Morgan fingerprint density at radius 2 is 2.27 bits per heavy atom. The second-order valence-corrected chi connectivity index (χ2v) is 4.87. The highest BCUT2D eigenvalue weighted by atomic mass is 32.1. The summed E-state index contributed by atoms with van der Waals surface area (Å²) in [6.07, 6.45) is -0.619. The highest BCUT2D eigenvalue weighted by Gasteiger charge is 2.56. The van der Waals surface area contributed by atoms with Crippen LogP contribution in [0.5, 0.6) is 0 Å². The van der Waals surface area contributed by atoms with Gasteiger partial charge < -0.3 is 10.5 Å². The fourth-order valence-corrected chi connectivity index (χ4v) is 2.65. The number of alkyl halides is 2. The summed E-state index contributed by atoms with van der Waals surface area (Å²) in [6, 6.07) is 0. The lowest BCUT2D eigenvalue weighted by atomic mass is 9.72. The van der Waals surface area contributed by atoms with Crippen LogP contribution < -0.4 is 5.73 Å². The Bertz CT molecular complexity index is 359. The van der Waals surface area contributed by atoms with Crippen LogP contribution in [-0.2, 0) is 16.9 Å². The topological polar surface area (TPSA) is 48.1 Å². The smallest absolute Gasteiger partial charge is 0.252 e. The summed E-state index contributed by atoms with van der Waals surface area (Å²) in [5, 5.41) is 2.51. The molecule has 2 N–H and O–H groups in total. The van der Waals surface area contributed by atoms with E-state index in [2.05, 4.69) is 4.98 Å². The van der Waals surface area contributed by atoms with Crippen LogP contribution in [0.1, 0.15) is 23.5 Å². The van der Waals surface area contributed by atoms with E-state index >= 15 is 0 Å². The van der Waals surface area contributed by atoms with Crippen LogP contribution in [0.3, 0.4) is 0 Å². The van der Waals surface area contributed by atoms with Crippen molar-refractivity contribution in [3.63, 3.8) is 0 Å². The van der Waals surface area contributed by atoms with E-state index < -0.39 is 11.5 Å². The molecule has 0 spiro atoms. The standard InChI is InChI=1S/C9H12F2N2OS/c1-14-2-7-13-6(3-15-7)8(12)4-9(10,11)5-8/h3H,2,4-5,12H2,1H3. The molecule has 0 radical (unpaired) electrons. The lowest BCUT2D eigenvalue weighted by Gasteiger charge is -2.43.